The number of rotatable bonds is 6. The molecule has 208 valence electrons. The molecule has 0 N–H and O–H groups in total. The first-order valence-corrected chi connectivity index (χ1v) is 13.0. The predicted molar refractivity (Wildman–Crippen MR) is 139 cm³/mol. The molecule has 2 aliphatic heterocycles. The molecule has 0 unspecified atom stereocenters. The number of methoxy groups -OCH3 is 1. The van der Waals surface area contributed by atoms with Gasteiger partial charge in [-0.2, -0.15) is 13.2 Å². The van der Waals surface area contributed by atoms with E-state index < -0.39 is 24.8 Å². The summed E-state index contributed by atoms with van der Waals surface area (Å²) in [4.78, 5) is 28.0. The van der Waals surface area contributed by atoms with Crippen LogP contribution >= 0.6 is 0 Å². The van der Waals surface area contributed by atoms with Crippen LogP contribution in [0.5, 0.6) is 0 Å². The summed E-state index contributed by atoms with van der Waals surface area (Å²) >= 11 is 0. The lowest BCUT2D eigenvalue weighted by molar-refractivity contribution is -0.137. The van der Waals surface area contributed by atoms with E-state index in [0.29, 0.717) is 55.2 Å². The number of benzene rings is 1. The molecule has 1 aromatic heterocycles. The zero-order valence-corrected chi connectivity index (χ0v) is 22.4. The van der Waals surface area contributed by atoms with Crippen LogP contribution in [0, 0.1) is 13.8 Å². The van der Waals surface area contributed by atoms with Crippen LogP contribution in [0.4, 0.5) is 13.2 Å². The van der Waals surface area contributed by atoms with Crippen molar-refractivity contribution in [2.75, 3.05) is 46.4 Å². The zero-order chi connectivity index (χ0) is 30.2. The number of hydrogen-bond acceptors (Lipinski definition) is 6. The van der Waals surface area contributed by atoms with E-state index in [-0.39, 0.29) is 24.1 Å². The van der Waals surface area contributed by atoms with Gasteiger partial charge < -0.3 is 9.64 Å². The van der Waals surface area contributed by atoms with Crippen LogP contribution in [0.1, 0.15) is 69.7 Å². The lowest BCUT2D eigenvalue weighted by atomic mass is 9.86. The first-order chi connectivity index (χ1) is 19.1. The summed E-state index contributed by atoms with van der Waals surface area (Å²) in [6.07, 6.45) is -1.40. The van der Waals surface area contributed by atoms with E-state index >= 15 is 0 Å². The summed E-state index contributed by atoms with van der Waals surface area (Å²) < 4.78 is 67.1. The van der Waals surface area contributed by atoms with E-state index in [4.69, 9.17) is 8.85 Å². The van der Waals surface area contributed by atoms with Gasteiger partial charge in [-0.05, 0) is 58.2 Å². The van der Waals surface area contributed by atoms with E-state index in [0.717, 1.165) is 25.0 Å². The maximum atomic E-state index is 13.3. The number of amides is 1. The van der Waals surface area contributed by atoms with Gasteiger partial charge in [-0.3, -0.25) is 14.6 Å². The fourth-order valence-corrected chi connectivity index (χ4v) is 5.85. The fraction of sp³-hybridized carbons (Fsp3) is 0.607. The smallest absolute Gasteiger partial charge is 0.383 e. The number of nitrogens with zero attached hydrogens (tertiary/aromatic N) is 5. The quantitative estimate of drug-likeness (QED) is 0.542. The highest BCUT2D eigenvalue weighted by molar-refractivity contribution is 5.96. The topological polar surface area (TPSA) is 61.8 Å². The molecule has 4 rings (SSSR count). The third kappa shape index (κ3) is 5.87. The molecular formula is C28H38F3N5O2. The Morgan fingerprint density at radius 1 is 1.13 bits per heavy atom. The van der Waals surface area contributed by atoms with Crippen molar-refractivity contribution in [3.05, 3.63) is 58.7 Å². The second-order valence-corrected chi connectivity index (χ2v) is 10.7. The number of ether oxygens (including phenoxy) is 1. The number of carbonyl (C=O) groups excluding carboxylic acids is 1. The molecule has 0 saturated carbocycles. The van der Waals surface area contributed by atoms with Gasteiger partial charge in [0, 0.05) is 51.3 Å². The fourth-order valence-electron chi connectivity index (χ4n) is 5.85. The Kier molecular flexibility index (Phi) is 7.26. The molecule has 0 spiro atoms. The summed E-state index contributed by atoms with van der Waals surface area (Å²) in [5.74, 6) is -0.0468. The second-order valence-electron chi connectivity index (χ2n) is 10.7. The van der Waals surface area contributed by atoms with Gasteiger partial charge in [0.25, 0.3) is 5.91 Å². The van der Waals surface area contributed by atoms with E-state index in [2.05, 4.69) is 26.7 Å². The molecule has 1 aromatic carbocycles. The van der Waals surface area contributed by atoms with Crippen molar-refractivity contribution >= 4 is 5.91 Å². The van der Waals surface area contributed by atoms with Crippen LogP contribution in [0.15, 0.2) is 30.6 Å². The highest BCUT2D eigenvalue weighted by Crippen LogP contribution is 2.35. The number of carbonyl (C=O) groups is 1. The average Bonchev–Trinajstić information content (AvgIpc) is 2.89. The number of piperidine rings is 1. The zero-order valence-electron chi connectivity index (χ0n) is 25.4. The molecule has 0 aliphatic carbocycles. The summed E-state index contributed by atoms with van der Waals surface area (Å²) in [6, 6.07) is 4.34. The van der Waals surface area contributed by atoms with Crippen LogP contribution in [0.3, 0.4) is 0 Å². The standard InChI is InChI=1S/C28H38F3N5O2/c1-19-16-35(14-15-36(19)24(17-38-5)22-6-8-23(9-7-22)28(29,30)31)27(4)10-12-34(13-11-27)26(37)25-20(2)32-18-33-21(25)3/h6-9,18-19,24H,10-17H2,1-5H3/t19-,24-/m0/s1/i5D3. The number of likely N-dealkylation sites (tertiary alicyclic amines) is 1. The van der Waals surface area contributed by atoms with Gasteiger partial charge in [0.05, 0.1) is 39.3 Å². The molecule has 2 aromatic rings. The Hall–Kier alpha value is -2.56. The lowest BCUT2D eigenvalue weighted by Crippen LogP contribution is -2.62. The van der Waals surface area contributed by atoms with Crippen molar-refractivity contribution in [1.29, 1.82) is 0 Å². The van der Waals surface area contributed by atoms with Crippen molar-refractivity contribution in [3.8, 4) is 0 Å². The Labute approximate surface area is 227 Å². The molecule has 2 aliphatic rings. The summed E-state index contributed by atoms with van der Waals surface area (Å²) in [7, 11) is -2.61. The van der Waals surface area contributed by atoms with Crippen molar-refractivity contribution in [2.24, 2.45) is 0 Å². The molecule has 10 heteroatoms. The number of halogens is 3. The first kappa shape index (κ1) is 24.5. The molecule has 2 saturated heterocycles. The average molecular weight is 537 g/mol. The SMILES string of the molecule is [2H]C([2H])([2H])OC[C@@H](c1ccc(C(F)(F)F)cc1)N1CCN(C2(C)CCN(C(=O)c3c(C)ncnc3C)CC2)C[C@@H]1C. The van der Waals surface area contributed by atoms with Crippen molar-refractivity contribution in [3.63, 3.8) is 0 Å². The maximum absolute atomic E-state index is 13.3. The Bertz CT molecular complexity index is 1200. The van der Waals surface area contributed by atoms with Crippen molar-refractivity contribution in [1.82, 2.24) is 24.7 Å². The molecule has 1 amide bonds. The molecule has 0 radical (unpaired) electrons. The van der Waals surface area contributed by atoms with Gasteiger partial charge in [-0.25, -0.2) is 9.97 Å². The first-order valence-electron chi connectivity index (χ1n) is 14.5. The van der Waals surface area contributed by atoms with Gasteiger partial charge >= 0.3 is 6.18 Å². The van der Waals surface area contributed by atoms with Crippen LogP contribution in [-0.4, -0.2) is 88.5 Å². The number of aryl methyl sites for hydroxylation is 2. The largest absolute Gasteiger partial charge is 0.416 e. The molecule has 2 fully saturated rings. The van der Waals surface area contributed by atoms with Gasteiger partial charge in [0.15, 0.2) is 0 Å². The Morgan fingerprint density at radius 2 is 1.76 bits per heavy atom. The summed E-state index contributed by atoms with van der Waals surface area (Å²) in [5, 5.41) is 0. The van der Waals surface area contributed by atoms with Crippen LogP contribution in [0.2, 0.25) is 0 Å². The van der Waals surface area contributed by atoms with Gasteiger partial charge in [-0.15, -0.1) is 0 Å². The molecular weight excluding hydrogens is 495 g/mol. The monoisotopic (exact) mass is 536 g/mol. The highest BCUT2D eigenvalue weighted by Gasteiger charge is 2.41. The number of alkyl halides is 3. The number of piperazine rings is 1. The number of aromatic nitrogens is 2. The van der Waals surface area contributed by atoms with Crippen LogP contribution < -0.4 is 0 Å². The van der Waals surface area contributed by atoms with Gasteiger partial charge in [-0.1, -0.05) is 12.1 Å². The molecule has 2 atom stereocenters. The minimum absolute atomic E-state index is 0.0144. The minimum atomic E-state index is -4.45. The summed E-state index contributed by atoms with van der Waals surface area (Å²) in [5.41, 5.74) is 1.60. The Morgan fingerprint density at radius 3 is 2.32 bits per heavy atom. The van der Waals surface area contributed by atoms with E-state index in [1.165, 1.54) is 18.5 Å². The third-order valence-electron chi connectivity index (χ3n) is 8.27. The number of hydrogen-bond donors (Lipinski definition) is 0. The molecule has 0 bridgehead atoms. The normalized spacial score (nSPS) is 23.4. The molecule has 7 nitrogen and oxygen atoms in total. The van der Waals surface area contributed by atoms with Crippen LogP contribution in [0.25, 0.3) is 0 Å². The van der Waals surface area contributed by atoms with Crippen molar-refractivity contribution < 1.29 is 26.8 Å². The Balaban J connectivity index is 1.44. The molecule has 3 heterocycles. The van der Waals surface area contributed by atoms with Gasteiger partial charge in [0.1, 0.15) is 6.33 Å². The van der Waals surface area contributed by atoms with E-state index in [1.54, 1.807) is 0 Å². The highest BCUT2D eigenvalue weighted by atomic mass is 19.4. The molecule has 38 heavy (non-hydrogen) atoms. The lowest BCUT2D eigenvalue weighted by Gasteiger charge is -2.52. The third-order valence-corrected chi connectivity index (χ3v) is 8.27. The predicted octanol–water partition coefficient (Wildman–Crippen LogP) is 4.50. The van der Waals surface area contributed by atoms with E-state index in [1.807, 2.05) is 25.7 Å². The van der Waals surface area contributed by atoms with Crippen molar-refractivity contribution in [2.45, 2.75) is 64.3 Å². The maximum Gasteiger partial charge on any atom is 0.416 e. The van der Waals surface area contributed by atoms with E-state index in [9.17, 15) is 18.0 Å². The van der Waals surface area contributed by atoms with Crippen LogP contribution in [-0.2, 0) is 10.9 Å². The van der Waals surface area contributed by atoms with Gasteiger partial charge in [0.2, 0.25) is 0 Å². The minimum Gasteiger partial charge on any atom is -0.383 e. The summed E-state index contributed by atoms with van der Waals surface area (Å²) in [6.45, 7) is 10.9. The second kappa shape index (κ2) is 11.3.